The highest BCUT2D eigenvalue weighted by atomic mass is 35.5. The number of rotatable bonds is 16. The van der Waals surface area contributed by atoms with Crippen LogP contribution >= 0.6 is 34.3 Å². The third-order valence-corrected chi connectivity index (χ3v) is 16.4. The number of aliphatic imine (C=N–C) groups is 1. The quantitative estimate of drug-likeness (QED) is 0.0737. The van der Waals surface area contributed by atoms with E-state index in [-0.39, 0.29) is 62.2 Å². The molecule has 1 unspecified atom stereocenters. The number of carbonyl (C=O) groups excluding carboxylic acids is 4. The largest absolute Gasteiger partial charge is 0.490 e. The SMILES string of the molecule is Cc1ncsc1-c1ccc([C@H](C)NC(=O)[C@@H]2C[C@@H](O)CN2C(=O)C(NC(=O)CCc2cc(F)cc(O[C@H]3C[C@H](NC(=O)C[C@@H]4N=C(c5ccc(Cl)cc5)c5c(sc(C)c5C)-n5c(C)nnc54)C3)c2)C(C)C)cc1. The van der Waals surface area contributed by atoms with E-state index in [0.717, 1.165) is 54.0 Å². The first-order valence-electron chi connectivity index (χ1n) is 24.6. The van der Waals surface area contributed by atoms with E-state index in [4.69, 9.17) is 21.3 Å². The molecule has 3 aromatic heterocycles. The summed E-state index contributed by atoms with van der Waals surface area (Å²) < 4.78 is 23.2. The molecule has 15 nitrogen and oxygen atoms in total. The van der Waals surface area contributed by atoms with E-state index < -0.39 is 47.8 Å². The van der Waals surface area contributed by atoms with Crippen LogP contribution in [0.3, 0.4) is 0 Å². The maximum absolute atomic E-state index is 15.0. The predicted molar refractivity (Wildman–Crippen MR) is 280 cm³/mol. The summed E-state index contributed by atoms with van der Waals surface area (Å²) in [7, 11) is 0. The Morgan fingerprint density at radius 3 is 2.34 bits per heavy atom. The van der Waals surface area contributed by atoms with Gasteiger partial charge in [-0.25, -0.2) is 9.37 Å². The fourth-order valence-corrected chi connectivity index (χ4v) is 11.9. The molecule has 3 aromatic carbocycles. The zero-order valence-electron chi connectivity index (χ0n) is 41.7. The molecule has 9 rings (SSSR count). The van der Waals surface area contributed by atoms with Gasteiger partial charge >= 0.3 is 0 Å². The highest BCUT2D eigenvalue weighted by molar-refractivity contribution is 7.15. The van der Waals surface area contributed by atoms with Gasteiger partial charge in [0.25, 0.3) is 0 Å². The first kappa shape index (κ1) is 51.6. The van der Waals surface area contributed by atoms with Crippen LogP contribution in [0.1, 0.15) is 115 Å². The maximum Gasteiger partial charge on any atom is 0.246 e. The number of ether oxygens (including phenoxy) is 1. The van der Waals surface area contributed by atoms with E-state index in [9.17, 15) is 24.3 Å². The average molecular weight is 1050 g/mol. The van der Waals surface area contributed by atoms with Crippen LogP contribution in [-0.2, 0) is 25.6 Å². The second-order valence-corrected chi connectivity index (χ2v) is 22.2. The summed E-state index contributed by atoms with van der Waals surface area (Å²) in [5.41, 5.74) is 8.94. The number of hydrogen-bond acceptors (Lipinski definition) is 12. The lowest BCUT2D eigenvalue weighted by Crippen LogP contribution is -2.55. The Morgan fingerprint density at radius 2 is 1.64 bits per heavy atom. The highest BCUT2D eigenvalue weighted by Crippen LogP contribution is 2.40. The smallest absolute Gasteiger partial charge is 0.246 e. The van der Waals surface area contributed by atoms with Crippen LogP contribution in [0.15, 0.2) is 77.2 Å². The summed E-state index contributed by atoms with van der Waals surface area (Å²) >= 11 is 9.47. The van der Waals surface area contributed by atoms with Gasteiger partial charge in [-0.05, 0) is 93.5 Å². The number of thiazole rings is 1. The summed E-state index contributed by atoms with van der Waals surface area (Å²) in [6.45, 7) is 13.4. The topological polar surface area (TPSA) is 193 Å². The molecule has 4 amide bonds. The summed E-state index contributed by atoms with van der Waals surface area (Å²) in [6.07, 6.45) is 0.0773. The lowest BCUT2D eigenvalue weighted by atomic mass is 9.89. The van der Waals surface area contributed by atoms with Gasteiger partial charge in [-0.3, -0.25) is 28.7 Å². The van der Waals surface area contributed by atoms with Gasteiger partial charge in [0.2, 0.25) is 23.6 Å². The maximum atomic E-state index is 15.0. The number of β-amino-alcohol motifs (C(OH)–C–C–N with tert-alkyl or cyclic N) is 1. The molecule has 6 aromatic rings. The standard InChI is InChI=1S/C54H59ClFN9O6S2/c1-27(2)48(53(70)64-25-40(66)23-44(64)52(69)58-29(4)34-9-11-36(12-10-34)50-30(5)57-26-72-50)61-45(67)17-8-33-18-38(56)20-41(19-33)71-42-21-39(22-42)59-46(68)24-43-51-63-62-32(7)65(51)54-47(28(3)31(6)73-54)49(60-43)35-13-15-37(55)16-14-35/h9-16,18-20,26-27,29,39-40,42-44,48,66H,8,17,21-25H2,1-7H3,(H,58,69)(H,59,68)(H,61,67)/t29-,39-,40+,42-,43-,44-,48?/m0/s1. The second-order valence-electron chi connectivity index (χ2n) is 19.7. The van der Waals surface area contributed by atoms with Gasteiger partial charge in [-0.15, -0.1) is 32.9 Å². The number of carbonyl (C=O) groups is 4. The molecule has 1 saturated heterocycles. The number of thiophene rings is 1. The molecule has 1 saturated carbocycles. The number of aliphatic hydroxyl groups is 1. The summed E-state index contributed by atoms with van der Waals surface area (Å²) in [5, 5.41) is 30.1. The third kappa shape index (κ3) is 11.3. The van der Waals surface area contributed by atoms with Crippen molar-refractivity contribution < 1.29 is 33.4 Å². The third-order valence-electron chi connectivity index (χ3n) is 14.0. The minimum atomic E-state index is -0.967. The minimum absolute atomic E-state index is 0.0428. The van der Waals surface area contributed by atoms with Crippen LogP contribution in [-0.4, -0.2) is 96.0 Å². The Labute approximate surface area is 436 Å². The molecule has 19 heteroatoms. The minimum Gasteiger partial charge on any atom is -0.490 e. The molecule has 5 heterocycles. The molecule has 2 fully saturated rings. The molecule has 1 aliphatic carbocycles. The normalized spacial score (nSPS) is 20.0. The molecule has 2 aliphatic heterocycles. The number of nitrogens with one attached hydrogen (secondary N) is 3. The van der Waals surface area contributed by atoms with Crippen molar-refractivity contribution in [3.63, 3.8) is 0 Å². The Balaban J connectivity index is 0.770. The number of fused-ring (bicyclic) bond motifs is 3. The molecular formula is C54H59ClFN9O6S2. The number of amides is 4. The van der Waals surface area contributed by atoms with E-state index in [1.165, 1.54) is 17.0 Å². The molecule has 3 aliphatic rings. The Kier molecular flexibility index (Phi) is 15.3. The number of nitrogens with zero attached hydrogens (tertiary/aromatic N) is 6. The Morgan fingerprint density at radius 1 is 0.918 bits per heavy atom. The first-order valence-corrected chi connectivity index (χ1v) is 26.7. The van der Waals surface area contributed by atoms with Gasteiger partial charge in [0.15, 0.2) is 5.82 Å². The number of benzene rings is 3. The Hall–Kier alpha value is -6.34. The first-order chi connectivity index (χ1) is 34.9. The predicted octanol–water partition coefficient (Wildman–Crippen LogP) is 8.40. The summed E-state index contributed by atoms with van der Waals surface area (Å²) in [5.74, 6) is -0.728. The van der Waals surface area contributed by atoms with Crippen LogP contribution in [0, 0.1) is 39.4 Å². The van der Waals surface area contributed by atoms with Gasteiger partial charge in [0.1, 0.15) is 46.6 Å². The van der Waals surface area contributed by atoms with Crippen molar-refractivity contribution in [3.05, 3.63) is 133 Å². The van der Waals surface area contributed by atoms with Crippen molar-refractivity contribution in [1.82, 2.24) is 40.6 Å². The van der Waals surface area contributed by atoms with E-state index in [0.29, 0.717) is 40.8 Å². The van der Waals surface area contributed by atoms with Crippen LogP contribution in [0.25, 0.3) is 15.4 Å². The molecule has 73 heavy (non-hydrogen) atoms. The van der Waals surface area contributed by atoms with Crippen LogP contribution in [0.2, 0.25) is 5.02 Å². The molecular weight excluding hydrogens is 989 g/mol. The van der Waals surface area contributed by atoms with Crippen LogP contribution in [0.5, 0.6) is 5.75 Å². The molecule has 4 N–H and O–H groups in total. The molecule has 5 atom stereocenters. The van der Waals surface area contributed by atoms with Crippen molar-refractivity contribution >= 4 is 63.6 Å². The van der Waals surface area contributed by atoms with Gasteiger partial charge < -0.3 is 30.7 Å². The zero-order chi connectivity index (χ0) is 51.8. The van der Waals surface area contributed by atoms with Crippen molar-refractivity contribution in [1.29, 1.82) is 0 Å². The van der Waals surface area contributed by atoms with Crippen molar-refractivity contribution in [2.75, 3.05) is 6.54 Å². The van der Waals surface area contributed by atoms with Crippen LogP contribution in [0.4, 0.5) is 4.39 Å². The fraction of sp³-hybridized carbons (Fsp3) is 0.407. The van der Waals surface area contributed by atoms with Gasteiger partial charge in [-0.1, -0.05) is 61.8 Å². The van der Waals surface area contributed by atoms with Crippen molar-refractivity contribution in [2.45, 2.75) is 129 Å². The summed E-state index contributed by atoms with van der Waals surface area (Å²) in [6, 6.07) is 16.7. The average Bonchev–Trinajstić information content (AvgIpc) is 4.11. The van der Waals surface area contributed by atoms with Crippen LogP contribution < -0.4 is 20.7 Å². The van der Waals surface area contributed by atoms with Crippen molar-refractivity contribution in [2.24, 2.45) is 10.9 Å². The van der Waals surface area contributed by atoms with Crippen molar-refractivity contribution in [3.8, 4) is 21.2 Å². The van der Waals surface area contributed by atoms with E-state index in [1.54, 1.807) is 42.6 Å². The monoisotopic (exact) mass is 1050 g/mol. The number of aromatic nitrogens is 4. The highest BCUT2D eigenvalue weighted by Gasteiger charge is 2.43. The summed E-state index contributed by atoms with van der Waals surface area (Å²) in [4.78, 5) is 68.0. The number of aliphatic hydroxyl groups excluding tert-OH is 1. The number of aryl methyl sites for hydroxylation is 4. The van der Waals surface area contributed by atoms with Gasteiger partial charge in [0, 0.05) is 65.4 Å². The van der Waals surface area contributed by atoms with Gasteiger partial charge in [-0.2, -0.15) is 0 Å². The van der Waals surface area contributed by atoms with E-state index >= 15 is 4.39 Å². The zero-order valence-corrected chi connectivity index (χ0v) is 44.1. The lowest BCUT2D eigenvalue weighted by Gasteiger charge is -2.36. The number of likely N-dealkylation sites (tertiary alicyclic amines) is 1. The van der Waals surface area contributed by atoms with E-state index in [2.05, 4.69) is 45.0 Å². The molecule has 0 radical (unpaired) electrons. The lowest BCUT2D eigenvalue weighted by molar-refractivity contribution is -0.142. The second kappa shape index (κ2) is 21.6. The number of halogens is 2. The number of hydrogen-bond donors (Lipinski definition) is 4. The van der Waals surface area contributed by atoms with Gasteiger partial charge in [0.05, 0.1) is 40.4 Å². The Bertz CT molecular complexity index is 3070. The molecule has 0 bridgehead atoms. The molecule has 0 spiro atoms. The molecule has 382 valence electrons. The van der Waals surface area contributed by atoms with E-state index in [1.807, 2.05) is 79.4 Å². The fourth-order valence-electron chi connectivity index (χ4n) is 9.80.